The van der Waals surface area contributed by atoms with E-state index in [4.69, 9.17) is 21.1 Å². The van der Waals surface area contributed by atoms with E-state index < -0.39 is 0 Å². The molecule has 2 heterocycles. The van der Waals surface area contributed by atoms with Crippen molar-refractivity contribution in [1.29, 1.82) is 0 Å². The highest BCUT2D eigenvalue weighted by Crippen LogP contribution is 2.37. The molecule has 27 heavy (non-hydrogen) atoms. The number of nitrogens with one attached hydrogen (secondary N) is 2. The van der Waals surface area contributed by atoms with Gasteiger partial charge in [-0.15, -0.1) is 0 Å². The molecule has 0 spiro atoms. The van der Waals surface area contributed by atoms with Crippen LogP contribution in [-0.2, 0) is 4.79 Å². The lowest BCUT2D eigenvalue weighted by molar-refractivity contribution is -0.117. The molecule has 4 rings (SSSR count). The molecule has 0 aromatic heterocycles. The van der Waals surface area contributed by atoms with Gasteiger partial charge in [-0.05, 0) is 30.3 Å². The summed E-state index contributed by atoms with van der Waals surface area (Å²) in [5, 5.41) is 6.09. The number of fused-ring (bicyclic) bond motifs is 1. The highest BCUT2D eigenvalue weighted by atomic mass is 35.5. The zero-order valence-electron chi connectivity index (χ0n) is 14.4. The molecule has 0 aliphatic carbocycles. The van der Waals surface area contributed by atoms with Crippen molar-refractivity contribution >= 4 is 34.9 Å². The number of nitrogens with zero attached hydrogens (tertiary/aromatic N) is 1. The van der Waals surface area contributed by atoms with Gasteiger partial charge in [0.1, 0.15) is 0 Å². The number of ether oxygens (including phenoxy) is 2. The average molecular weight is 388 g/mol. The fourth-order valence-corrected chi connectivity index (χ4v) is 3.39. The van der Waals surface area contributed by atoms with Gasteiger partial charge in [0.25, 0.3) is 0 Å². The third-order valence-corrected chi connectivity index (χ3v) is 4.74. The third-order valence-electron chi connectivity index (χ3n) is 4.51. The minimum absolute atomic E-state index is 0.0240. The summed E-state index contributed by atoms with van der Waals surface area (Å²) in [5.74, 6) is 1.38. The Hall–Kier alpha value is -2.93. The standard InChI is InChI=1S/C19H18ClN3O4/c20-13-2-1-3-14(7-13)22-19(25)21-9-12-6-18(24)23(10-12)15-4-5-16-17(8-15)27-11-26-16/h1-5,7-8,12H,6,9-11H2,(H2,21,22,25). The maximum Gasteiger partial charge on any atom is 0.319 e. The van der Waals surface area contributed by atoms with Gasteiger partial charge in [-0.25, -0.2) is 4.79 Å². The number of urea groups is 1. The van der Waals surface area contributed by atoms with Gasteiger partial charge in [-0.2, -0.15) is 0 Å². The maximum atomic E-state index is 12.4. The molecule has 7 nitrogen and oxygen atoms in total. The second kappa shape index (κ2) is 7.36. The summed E-state index contributed by atoms with van der Waals surface area (Å²) < 4.78 is 10.7. The fourth-order valence-electron chi connectivity index (χ4n) is 3.20. The lowest BCUT2D eigenvalue weighted by Gasteiger charge is -2.17. The number of benzene rings is 2. The number of anilines is 2. The Morgan fingerprint density at radius 2 is 2.04 bits per heavy atom. The number of rotatable bonds is 4. The lowest BCUT2D eigenvalue weighted by atomic mass is 10.1. The van der Waals surface area contributed by atoms with Crippen molar-refractivity contribution < 1.29 is 19.1 Å². The highest BCUT2D eigenvalue weighted by molar-refractivity contribution is 6.30. The normalized spacial score (nSPS) is 17.9. The first-order valence-electron chi connectivity index (χ1n) is 8.59. The molecular formula is C19H18ClN3O4. The number of carbonyl (C=O) groups excluding carboxylic acids is 2. The Morgan fingerprint density at radius 3 is 2.89 bits per heavy atom. The number of amides is 3. The summed E-state index contributed by atoms with van der Waals surface area (Å²) in [6, 6.07) is 12.0. The van der Waals surface area contributed by atoms with Gasteiger partial charge in [0.05, 0.1) is 0 Å². The number of hydrogen-bond acceptors (Lipinski definition) is 4. The van der Waals surface area contributed by atoms with Crippen LogP contribution in [0.3, 0.4) is 0 Å². The molecule has 2 aliphatic rings. The van der Waals surface area contributed by atoms with Gasteiger partial charge in [-0.3, -0.25) is 4.79 Å². The molecule has 1 saturated heterocycles. The Kier molecular flexibility index (Phi) is 4.77. The Labute approximate surface area is 161 Å². The van der Waals surface area contributed by atoms with E-state index in [1.807, 2.05) is 12.1 Å². The van der Waals surface area contributed by atoms with E-state index in [0.717, 1.165) is 5.69 Å². The van der Waals surface area contributed by atoms with E-state index in [9.17, 15) is 9.59 Å². The first-order valence-corrected chi connectivity index (χ1v) is 8.97. The molecule has 0 saturated carbocycles. The third kappa shape index (κ3) is 3.93. The summed E-state index contributed by atoms with van der Waals surface area (Å²) in [6.45, 7) is 1.14. The molecule has 140 valence electrons. The van der Waals surface area contributed by atoms with E-state index in [2.05, 4.69) is 10.6 Å². The Balaban J connectivity index is 1.32. The summed E-state index contributed by atoms with van der Waals surface area (Å²) in [5.41, 5.74) is 1.39. The summed E-state index contributed by atoms with van der Waals surface area (Å²) in [4.78, 5) is 26.1. The molecule has 3 amide bonds. The van der Waals surface area contributed by atoms with Crippen LogP contribution in [0.15, 0.2) is 42.5 Å². The minimum Gasteiger partial charge on any atom is -0.454 e. The van der Waals surface area contributed by atoms with E-state index >= 15 is 0 Å². The van der Waals surface area contributed by atoms with Crippen LogP contribution in [0.1, 0.15) is 6.42 Å². The summed E-state index contributed by atoms with van der Waals surface area (Å²) >= 11 is 5.90. The lowest BCUT2D eigenvalue weighted by Crippen LogP contribution is -2.34. The largest absolute Gasteiger partial charge is 0.454 e. The molecular weight excluding hydrogens is 370 g/mol. The Bertz CT molecular complexity index is 889. The van der Waals surface area contributed by atoms with E-state index in [0.29, 0.717) is 41.7 Å². The first-order chi connectivity index (χ1) is 13.1. The monoisotopic (exact) mass is 387 g/mol. The first kappa shape index (κ1) is 17.5. The van der Waals surface area contributed by atoms with E-state index in [1.165, 1.54) is 0 Å². The van der Waals surface area contributed by atoms with Crippen molar-refractivity contribution in [2.24, 2.45) is 5.92 Å². The maximum absolute atomic E-state index is 12.4. The van der Waals surface area contributed by atoms with Crippen LogP contribution < -0.4 is 25.0 Å². The Morgan fingerprint density at radius 1 is 1.19 bits per heavy atom. The van der Waals surface area contributed by atoms with Crippen LogP contribution in [0, 0.1) is 5.92 Å². The minimum atomic E-state index is -0.328. The molecule has 0 radical (unpaired) electrons. The van der Waals surface area contributed by atoms with Crippen molar-refractivity contribution in [3.63, 3.8) is 0 Å². The predicted octanol–water partition coefficient (Wildman–Crippen LogP) is 3.24. The smallest absolute Gasteiger partial charge is 0.319 e. The van der Waals surface area contributed by atoms with E-state index in [1.54, 1.807) is 35.2 Å². The van der Waals surface area contributed by atoms with Crippen LogP contribution in [0.25, 0.3) is 0 Å². The average Bonchev–Trinajstić information content (AvgIpc) is 3.25. The molecule has 2 N–H and O–H groups in total. The molecule has 1 atom stereocenters. The van der Waals surface area contributed by atoms with E-state index in [-0.39, 0.29) is 24.6 Å². The van der Waals surface area contributed by atoms with Crippen molar-refractivity contribution in [1.82, 2.24) is 5.32 Å². The van der Waals surface area contributed by atoms with Crippen molar-refractivity contribution in [2.45, 2.75) is 6.42 Å². The van der Waals surface area contributed by atoms with Crippen molar-refractivity contribution in [3.05, 3.63) is 47.5 Å². The zero-order chi connectivity index (χ0) is 18.8. The summed E-state index contributed by atoms with van der Waals surface area (Å²) in [7, 11) is 0. The molecule has 2 aliphatic heterocycles. The molecule has 0 bridgehead atoms. The topological polar surface area (TPSA) is 79.9 Å². The van der Waals surface area contributed by atoms with Crippen LogP contribution in [-0.4, -0.2) is 31.8 Å². The van der Waals surface area contributed by atoms with Gasteiger partial charge in [0.15, 0.2) is 11.5 Å². The van der Waals surface area contributed by atoms with Gasteiger partial charge in [0, 0.05) is 47.9 Å². The molecule has 2 aromatic rings. The molecule has 2 aromatic carbocycles. The van der Waals surface area contributed by atoms with Gasteiger partial charge >= 0.3 is 6.03 Å². The van der Waals surface area contributed by atoms with Crippen molar-refractivity contribution in [3.8, 4) is 11.5 Å². The van der Waals surface area contributed by atoms with Gasteiger partial charge < -0.3 is 25.0 Å². The molecule has 1 fully saturated rings. The predicted molar refractivity (Wildman–Crippen MR) is 101 cm³/mol. The second-order valence-electron chi connectivity index (χ2n) is 6.46. The van der Waals surface area contributed by atoms with Gasteiger partial charge in [-0.1, -0.05) is 17.7 Å². The zero-order valence-corrected chi connectivity index (χ0v) is 15.2. The van der Waals surface area contributed by atoms with Crippen LogP contribution in [0.2, 0.25) is 5.02 Å². The van der Waals surface area contributed by atoms with Gasteiger partial charge in [0.2, 0.25) is 12.7 Å². The molecule has 8 heteroatoms. The SMILES string of the molecule is O=C(NCC1CC(=O)N(c2ccc3c(c2)OCO3)C1)Nc1cccc(Cl)c1. The summed E-state index contributed by atoms with van der Waals surface area (Å²) in [6.07, 6.45) is 0.381. The quantitative estimate of drug-likeness (QED) is 0.844. The van der Waals surface area contributed by atoms with Crippen LogP contribution in [0.5, 0.6) is 11.5 Å². The number of hydrogen-bond donors (Lipinski definition) is 2. The number of carbonyl (C=O) groups is 2. The van der Waals surface area contributed by atoms with Crippen LogP contribution >= 0.6 is 11.6 Å². The van der Waals surface area contributed by atoms with Crippen LogP contribution in [0.4, 0.5) is 16.2 Å². The highest BCUT2D eigenvalue weighted by Gasteiger charge is 2.31. The fraction of sp³-hybridized carbons (Fsp3) is 0.263. The number of halogens is 1. The molecule has 1 unspecified atom stereocenters. The van der Waals surface area contributed by atoms with Crippen molar-refractivity contribution in [2.75, 3.05) is 30.1 Å². The second-order valence-corrected chi connectivity index (χ2v) is 6.89.